The molecule has 3 N–H and O–H groups in total. The molecule has 0 spiro atoms. The Morgan fingerprint density at radius 2 is 2.24 bits per heavy atom. The molecule has 0 radical (unpaired) electrons. The standard InChI is InChI=1S/C12H16BrNO3/c1-3-12(14,7-11(15)16)9-6-8(13)4-5-10(9)17-2/h4-6H,3,7,14H2,1-2H3,(H,15,16). The van der Waals surface area contributed by atoms with Gasteiger partial charge in [0.25, 0.3) is 0 Å². The fraction of sp³-hybridized carbons (Fsp3) is 0.417. The Bertz CT molecular complexity index is 422. The molecule has 0 aliphatic carbocycles. The highest BCUT2D eigenvalue weighted by atomic mass is 79.9. The Balaban J connectivity index is 3.26. The van der Waals surface area contributed by atoms with E-state index in [4.69, 9.17) is 15.6 Å². The van der Waals surface area contributed by atoms with Gasteiger partial charge in [-0.15, -0.1) is 0 Å². The van der Waals surface area contributed by atoms with E-state index >= 15 is 0 Å². The summed E-state index contributed by atoms with van der Waals surface area (Å²) in [6.07, 6.45) is 0.391. The Kier molecular flexibility index (Phi) is 4.54. The summed E-state index contributed by atoms with van der Waals surface area (Å²) in [5.74, 6) is -0.310. The van der Waals surface area contributed by atoms with Crippen LogP contribution in [-0.2, 0) is 10.3 Å². The van der Waals surface area contributed by atoms with Crippen LogP contribution in [0.25, 0.3) is 0 Å². The summed E-state index contributed by atoms with van der Waals surface area (Å²) in [4.78, 5) is 10.9. The highest BCUT2D eigenvalue weighted by Gasteiger charge is 2.31. The smallest absolute Gasteiger partial charge is 0.305 e. The summed E-state index contributed by atoms with van der Waals surface area (Å²) in [5, 5.41) is 8.94. The first-order valence-corrected chi connectivity index (χ1v) is 6.07. The molecular weight excluding hydrogens is 286 g/mol. The number of benzene rings is 1. The number of carbonyl (C=O) groups is 1. The third-order valence-corrected chi connectivity index (χ3v) is 3.29. The van der Waals surface area contributed by atoms with E-state index in [1.165, 1.54) is 0 Å². The number of carboxylic acid groups (broad SMARTS) is 1. The Hall–Kier alpha value is -1.07. The number of methoxy groups -OCH3 is 1. The second kappa shape index (κ2) is 5.51. The van der Waals surface area contributed by atoms with Crippen LogP contribution in [0.4, 0.5) is 0 Å². The van der Waals surface area contributed by atoms with Gasteiger partial charge in [-0.05, 0) is 24.6 Å². The van der Waals surface area contributed by atoms with Gasteiger partial charge in [-0.1, -0.05) is 22.9 Å². The molecule has 5 heteroatoms. The summed E-state index contributed by atoms with van der Waals surface area (Å²) >= 11 is 3.35. The van der Waals surface area contributed by atoms with Crippen LogP contribution in [0.3, 0.4) is 0 Å². The Morgan fingerprint density at radius 1 is 1.59 bits per heavy atom. The average Bonchev–Trinajstić information content (AvgIpc) is 2.28. The van der Waals surface area contributed by atoms with E-state index in [2.05, 4.69) is 15.9 Å². The van der Waals surface area contributed by atoms with E-state index in [0.717, 1.165) is 4.47 Å². The highest BCUT2D eigenvalue weighted by Crippen LogP contribution is 2.35. The third kappa shape index (κ3) is 3.20. The van der Waals surface area contributed by atoms with Crippen LogP contribution in [-0.4, -0.2) is 18.2 Å². The summed E-state index contributed by atoms with van der Waals surface area (Å²) in [5.41, 5.74) is 5.98. The topological polar surface area (TPSA) is 72.6 Å². The first kappa shape index (κ1) is 14.0. The maximum absolute atomic E-state index is 10.9. The molecule has 0 aliphatic rings. The van der Waals surface area contributed by atoms with Gasteiger partial charge in [-0.2, -0.15) is 0 Å². The van der Waals surface area contributed by atoms with E-state index in [1.807, 2.05) is 19.1 Å². The molecule has 17 heavy (non-hydrogen) atoms. The van der Waals surface area contributed by atoms with Crippen molar-refractivity contribution in [3.8, 4) is 5.75 Å². The van der Waals surface area contributed by atoms with Crippen molar-refractivity contribution in [3.05, 3.63) is 28.2 Å². The molecule has 0 heterocycles. The predicted octanol–water partition coefficient (Wildman–Crippen LogP) is 2.50. The first-order valence-electron chi connectivity index (χ1n) is 5.27. The number of ether oxygens (including phenoxy) is 1. The molecule has 0 amide bonds. The third-order valence-electron chi connectivity index (χ3n) is 2.80. The minimum absolute atomic E-state index is 0.129. The van der Waals surface area contributed by atoms with Crippen molar-refractivity contribution in [2.24, 2.45) is 5.73 Å². The minimum Gasteiger partial charge on any atom is -0.496 e. The molecule has 1 atom stereocenters. The van der Waals surface area contributed by atoms with Crippen LogP contribution >= 0.6 is 15.9 Å². The number of halogens is 1. The SMILES string of the molecule is CCC(N)(CC(=O)O)c1cc(Br)ccc1OC. The van der Waals surface area contributed by atoms with Crippen molar-refractivity contribution in [2.45, 2.75) is 25.3 Å². The summed E-state index contributed by atoms with van der Waals surface area (Å²) in [6, 6.07) is 5.42. The maximum Gasteiger partial charge on any atom is 0.305 e. The van der Waals surface area contributed by atoms with Gasteiger partial charge in [0.2, 0.25) is 0 Å². The molecule has 0 aromatic heterocycles. The summed E-state index contributed by atoms with van der Waals surface area (Å²) in [6.45, 7) is 1.86. The van der Waals surface area contributed by atoms with Crippen molar-refractivity contribution in [1.82, 2.24) is 0 Å². The minimum atomic E-state index is -0.920. The summed E-state index contributed by atoms with van der Waals surface area (Å²) < 4.78 is 6.09. The number of hydrogen-bond donors (Lipinski definition) is 2. The molecule has 0 fully saturated rings. The molecule has 4 nitrogen and oxygen atoms in total. The van der Waals surface area contributed by atoms with E-state index in [9.17, 15) is 4.79 Å². The lowest BCUT2D eigenvalue weighted by atomic mass is 9.84. The van der Waals surface area contributed by atoms with Crippen molar-refractivity contribution >= 4 is 21.9 Å². The van der Waals surface area contributed by atoms with Gasteiger partial charge in [0, 0.05) is 10.0 Å². The van der Waals surface area contributed by atoms with Crippen molar-refractivity contribution in [2.75, 3.05) is 7.11 Å². The quantitative estimate of drug-likeness (QED) is 0.876. The van der Waals surface area contributed by atoms with Gasteiger partial charge in [-0.3, -0.25) is 4.79 Å². The van der Waals surface area contributed by atoms with Crippen LogP contribution in [0.1, 0.15) is 25.3 Å². The predicted molar refractivity (Wildman–Crippen MR) is 69.1 cm³/mol. The van der Waals surface area contributed by atoms with E-state index in [0.29, 0.717) is 17.7 Å². The van der Waals surface area contributed by atoms with Crippen molar-refractivity contribution in [1.29, 1.82) is 0 Å². The van der Waals surface area contributed by atoms with Crippen LogP contribution in [0.5, 0.6) is 5.75 Å². The lowest BCUT2D eigenvalue weighted by Crippen LogP contribution is -2.38. The molecular formula is C12H16BrNO3. The second-order valence-electron chi connectivity index (χ2n) is 3.92. The van der Waals surface area contributed by atoms with Crippen LogP contribution in [0.15, 0.2) is 22.7 Å². The largest absolute Gasteiger partial charge is 0.496 e. The fourth-order valence-corrected chi connectivity index (χ4v) is 2.11. The van der Waals surface area contributed by atoms with Gasteiger partial charge >= 0.3 is 5.97 Å². The first-order chi connectivity index (χ1) is 7.92. The lowest BCUT2D eigenvalue weighted by molar-refractivity contribution is -0.138. The molecule has 1 aromatic carbocycles. The maximum atomic E-state index is 10.9. The Labute approximate surface area is 109 Å². The zero-order chi connectivity index (χ0) is 13.1. The molecule has 1 unspecified atom stereocenters. The lowest BCUT2D eigenvalue weighted by Gasteiger charge is -2.28. The number of rotatable bonds is 5. The van der Waals surface area contributed by atoms with E-state index < -0.39 is 11.5 Å². The number of aliphatic carboxylic acids is 1. The van der Waals surface area contributed by atoms with Crippen molar-refractivity contribution in [3.63, 3.8) is 0 Å². The van der Waals surface area contributed by atoms with E-state index in [1.54, 1.807) is 13.2 Å². The van der Waals surface area contributed by atoms with Gasteiger partial charge in [0.15, 0.2) is 0 Å². The van der Waals surface area contributed by atoms with Crippen LogP contribution < -0.4 is 10.5 Å². The highest BCUT2D eigenvalue weighted by molar-refractivity contribution is 9.10. The van der Waals surface area contributed by atoms with Gasteiger partial charge < -0.3 is 15.6 Å². The molecule has 1 aromatic rings. The van der Waals surface area contributed by atoms with Crippen LogP contribution in [0.2, 0.25) is 0 Å². The molecule has 94 valence electrons. The molecule has 0 bridgehead atoms. The fourth-order valence-electron chi connectivity index (χ4n) is 1.75. The average molecular weight is 302 g/mol. The molecule has 0 saturated carbocycles. The zero-order valence-corrected chi connectivity index (χ0v) is 11.5. The Morgan fingerprint density at radius 3 is 2.71 bits per heavy atom. The molecule has 1 rings (SSSR count). The number of nitrogens with two attached hydrogens (primary N) is 1. The number of hydrogen-bond acceptors (Lipinski definition) is 3. The normalized spacial score (nSPS) is 14.1. The van der Waals surface area contributed by atoms with Gasteiger partial charge in [0.1, 0.15) is 5.75 Å². The molecule has 0 aliphatic heterocycles. The zero-order valence-electron chi connectivity index (χ0n) is 9.87. The van der Waals surface area contributed by atoms with Gasteiger partial charge in [0.05, 0.1) is 19.1 Å². The second-order valence-corrected chi connectivity index (χ2v) is 4.84. The van der Waals surface area contributed by atoms with Crippen molar-refractivity contribution < 1.29 is 14.6 Å². The van der Waals surface area contributed by atoms with Gasteiger partial charge in [-0.25, -0.2) is 0 Å². The van der Waals surface area contributed by atoms with E-state index in [-0.39, 0.29) is 6.42 Å². The number of carboxylic acids is 1. The summed E-state index contributed by atoms with van der Waals surface area (Å²) in [7, 11) is 1.55. The molecule has 0 saturated heterocycles. The van der Waals surface area contributed by atoms with Crippen LogP contribution in [0, 0.1) is 0 Å². The monoisotopic (exact) mass is 301 g/mol.